The number of benzene rings is 3. The molecule has 3 unspecified atom stereocenters. The predicted octanol–water partition coefficient (Wildman–Crippen LogP) is 5.32. The Balaban J connectivity index is 0.000000192. The molecule has 3 fully saturated rings. The first kappa shape index (κ1) is 36.5. The number of aromatic nitrogens is 2. The van der Waals surface area contributed by atoms with Gasteiger partial charge in [0.05, 0.1) is 30.2 Å². The third-order valence-electron chi connectivity index (χ3n) is 9.45. The number of alkyl halides is 3. The van der Waals surface area contributed by atoms with Crippen LogP contribution in [-0.2, 0) is 33.5 Å². The lowest BCUT2D eigenvalue weighted by molar-refractivity contribution is -0.137. The van der Waals surface area contributed by atoms with Crippen molar-refractivity contribution in [3.63, 3.8) is 0 Å². The molecule has 2 bridgehead atoms. The first-order chi connectivity index (χ1) is 25.0. The molecule has 4 aromatic rings. The number of fused-ring (bicyclic) bond motifs is 4. The zero-order valence-corrected chi connectivity index (χ0v) is 28.8. The molecule has 52 heavy (non-hydrogen) atoms. The number of morpholine rings is 1. The molecular weight excluding hydrogens is 673 g/mol. The summed E-state index contributed by atoms with van der Waals surface area (Å²) in [7, 11) is 0. The van der Waals surface area contributed by atoms with E-state index in [9.17, 15) is 27.6 Å². The molecule has 1 aromatic heterocycles. The second-order valence-corrected chi connectivity index (χ2v) is 13.0. The number of piperidine rings is 1. The van der Waals surface area contributed by atoms with Crippen LogP contribution in [0.5, 0.6) is 0 Å². The summed E-state index contributed by atoms with van der Waals surface area (Å²) in [6, 6.07) is 22.9. The van der Waals surface area contributed by atoms with Gasteiger partial charge in [-0.05, 0) is 55.7 Å². The maximum Gasteiger partial charge on any atom is 0.416 e. The lowest BCUT2D eigenvalue weighted by Crippen LogP contribution is -2.55. The molecule has 8 rings (SSSR count). The van der Waals surface area contributed by atoms with E-state index in [-0.39, 0.29) is 23.8 Å². The first-order valence-electron chi connectivity index (χ1n) is 17.3. The summed E-state index contributed by atoms with van der Waals surface area (Å²) >= 11 is 0. The Morgan fingerprint density at radius 1 is 1.00 bits per heavy atom. The van der Waals surface area contributed by atoms with Crippen LogP contribution in [0.15, 0.2) is 103 Å². The minimum Gasteiger partial charge on any atom is -0.375 e. The van der Waals surface area contributed by atoms with Crippen LogP contribution in [-0.4, -0.2) is 76.8 Å². The Morgan fingerprint density at radius 3 is 2.37 bits per heavy atom. The van der Waals surface area contributed by atoms with Crippen LogP contribution in [0.1, 0.15) is 46.8 Å². The van der Waals surface area contributed by atoms with Crippen LogP contribution >= 0.6 is 0 Å². The van der Waals surface area contributed by atoms with Gasteiger partial charge >= 0.3 is 6.18 Å². The second kappa shape index (κ2) is 16.0. The molecule has 10 nitrogen and oxygen atoms in total. The topological polar surface area (TPSA) is 109 Å². The molecule has 4 aliphatic rings. The number of rotatable bonds is 9. The lowest BCUT2D eigenvalue weighted by atomic mass is 9.96. The SMILES string of the molecule is C=C(CN1CC2CCC1CO2)C(=O)NCc1ccccc1.CCN1C(=O)C(NC(=O)c2cccc(C(F)(F)F)c2)Cc2cnn(-c3ccccc3)c21. The molecule has 3 amide bonds. The highest BCUT2D eigenvalue weighted by Gasteiger charge is 2.37. The molecular formula is C39H41F3N6O4. The van der Waals surface area contributed by atoms with E-state index in [0.717, 1.165) is 48.5 Å². The van der Waals surface area contributed by atoms with E-state index in [0.29, 0.717) is 43.2 Å². The normalized spacial score (nSPS) is 19.7. The number of likely N-dealkylation sites (N-methyl/N-ethyl adjacent to an activating group) is 1. The highest BCUT2D eigenvalue weighted by molar-refractivity contribution is 6.04. The van der Waals surface area contributed by atoms with E-state index in [4.69, 9.17) is 4.74 Å². The zero-order chi connectivity index (χ0) is 36.8. The Labute approximate surface area is 300 Å². The molecule has 272 valence electrons. The average Bonchev–Trinajstić information content (AvgIpc) is 3.59. The van der Waals surface area contributed by atoms with Gasteiger partial charge in [-0.25, -0.2) is 4.68 Å². The van der Waals surface area contributed by atoms with E-state index in [1.54, 1.807) is 17.8 Å². The molecule has 2 N–H and O–H groups in total. The van der Waals surface area contributed by atoms with Crippen molar-refractivity contribution in [1.29, 1.82) is 0 Å². The summed E-state index contributed by atoms with van der Waals surface area (Å²) in [5, 5.41) is 9.92. The summed E-state index contributed by atoms with van der Waals surface area (Å²) in [5.74, 6) is -0.503. The molecule has 0 saturated carbocycles. The molecule has 13 heteroatoms. The molecule has 0 radical (unpaired) electrons. The van der Waals surface area contributed by atoms with Crippen molar-refractivity contribution in [2.75, 3.05) is 31.1 Å². The zero-order valence-electron chi connectivity index (χ0n) is 28.8. The number of halogens is 3. The maximum atomic E-state index is 13.1. The fourth-order valence-corrected chi connectivity index (χ4v) is 6.71. The number of nitrogens with one attached hydrogen (secondary N) is 2. The number of carbonyl (C=O) groups is 3. The summed E-state index contributed by atoms with van der Waals surface area (Å²) in [6.45, 7) is 9.02. The summed E-state index contributed by atoms with van der Waals surface area (Å²) in [4.78, 5) is 41.7. The number of hydrogen-bond acceptors (Lipinski definition) is 6. The minimum atomic E-state index is -4.56. The molecule has 3 saturated heterocycles. The standard InChI is InChI=1S/C22H19F3N4O2.C17H22N2O2/c1-2-28-20-15(13-26-29(20)17-9-4-3-5-10-17)12-18(21(28)31)27-19(30)14-7-6-8-16(11-14)22(23,24)25;1-13(10-19-11-16-8-7-15(19)12-21-16)17(20)18-9-14-5-3-2-4-6-14/h3-11,13,18H,2,12H2,1H3,(H,27,30);2-6,15-16H,1,7-12H2,(H,18,20). The smallest absolute Gasteiger partial charge is 0.375 e. The van der Waals surface area contributed by atoms with Crippen LogP contribution in [0.25, 0.3) is 5.69 Å². The third kappa shape index (κ3) is 8.43. The average molecular weight is 715 g/mol. The van der Waals surface area contributed by atoms with Gasteiger partial charge in [-0.2, -0.15) is 18.3 Å². The van der Waals surface area contributed by atoms with E-state index in [1.807, 2.05) is 60.7 Å². The molecule has 4 aliphatic heterocycles. The van der Waals surface area contributed by atoms with Gasteiger partial charge < -0.3 is 15.4 Å². The molecule has 5 heterocycles. The molecule has 0 spiro atoms. The fraction of sp³-hybridized carbons (Fsp3) is 0.333. The fourth-order valence-electron chi connectivity index (χ4n) is 6.71. The van der Waals surface area contributed by atoms with Crippen LogP contribution in [0.3, 0.4) is 0 Å². The first-order valence-corrected chi connectivity index (χ1v) is 17.3. The molecule has 0 aliphatic carbocycles. The van der Waals surface area contributed by atoms with Crippen LogP contribution in [0.4, 0.5) is 19.0 Å². The summed E-state index contributed by atoms with van der Waals surface area (Å²) in [5.41, 5.74) is 2.22. The minimum absolute atomic E-state index is 0.0544. The lowest BCUT2D eigenvalue weighted by Gasteiger charge is -2.45. The summed E-state index contributed by atoms with van der Waals surface area (Å²) in [6.07, 6.45) is -0.0626. The highest BCUT2D eigenvalue weighted by Crippen LogP contribution is 2.32. The van der Waals surface area contributed by atoms with Gasteiger partial charge in [-0.1, -0.05) is 61.2 Å². The number of para-hydroxylation sites is 1. The van der Waals surface area contributed by atoms with Gasteiger partial charge in [0.15, 0.2) is 0 Å². The van der Waals surface area contributed by atoms with E-state index < -0.39 is 23.7 Å². The maximum absolute atomic E-state index is 13.1. The quantitative estimate of drug-likeness (QED) is 0.228. The Morgan fingerprint density at radius 2 is 1.73 bits per heavy atom. The van der Waals surface area contributed by atoms with Gasteiger partial charge in [-0.3, -0.25) is 24.2 Å². The van der Waals surface area contributed by atoms with Gasteiger partial charge in [-0.15, -0.1) is 0 Å². The third-order valence-corrected chi connectivity index (χ3v) is 9.45. The van der Waals surface area contributed by atoms with Gasteiger partial charge in [0.25, 0.3) is 11.8 Å². The predicted molar refractivity (Wildman–Crippen MR) is 190 cm³/mol. The molecule has 3 atom stereocenters. The second-order valence-electron chi connectivity index (χ2n) is 13.0. The summed E-state index contributed by atoms with van der Waals surface area (Å²) < 4.78 is 46.2. The number of amides is 3. The van der Waals surface area contributed by atoms with Crippen molar-refractivity contribution in [3.8, 4) is 5.69 Å². The van der Waals surface area contributed by atoms with Crippen molar-refractivity contribution in [3.05, 3.63) is 126 Å². The van der Waals surface area contributed by atoms with E-state index >= 15 is 0 Å². The van der Waals surface area contributed by atoms with Crippen molar-refractivity contribution in [2.24, 2.45) is 0 Å². The van der Waals surface area contributed by atoms with Crippen LogP contribution in [0.2, 0.25) is 0 Å². The Bertz CT molecular complexity index is 1890. The van der Waals surface area contributed by atoms with Gasteiger partial charge in [0.1, 0.15) is 11.9 Å². The Kier molecular flexibility index (Phi) is 11.2. The number of ether oxygens (including phenoxy) is 1. The van der Waals surface area contributed by atoms with E-state index in [2.05, 4.69) is 27.2 Å². The van der Waals surface area contributed by atoms with Crippen molar-refractivity contribution >= 4 is 23.5 Å². The van der Waals surface area contributed by atoms with Crippen molar-refractivity contribution < 1.29 is 32.3 Å². The van der Waals surface area contributed by atoms with Crippen LogP contribution < -0.4 is 15.5 Å². The molecule has 3 aromatic carbocycles. The van der Waals surface area contributed by atoms with Crippen molar-refractivity contribution in [1.82, 2.24) is 25.3 Å². The van der Waals surface area contributed by atoms with Crippen molar-refractivity contribution in [2.45, 2.75) is 57.1 Å². The largest absolute Gasteiger partial charge is 0.416 e. The number of carbonyl (C=O) groups excluding carboxylic acids is 3. The Hall–Kier alpha value is -5.27. The van der Waals surface area contributed by atoms with Crippen LogP contribution in [0, 0.1) is 0 Å². The number of anilines is 1. The van der Waals surface area contributed by atoms with Gasteiger partial charge in [0.2, 0.25) is 5.91 Å². The number of hydrogen-bond donors (Lipinski definition) is 2. The highest BCUT2D eigenvalue weighted by atomic mass is 19.4. The monoisotopic (exact) mass is 714 g/mol. The number of nitrogens with zero attached hydrogens (tertiary/aromatic N) is 4. The van der Waals surface area contributed by atoms with Gasteiger partial charge in [0, 0.05) is 55.3 Å². The van der Waals surface area contributed by atoms with E-state index in [1.165, 1.54) is 23.5 Å².